The van der Waals surface area contributed by atoms with Crippen molar-refractivity contribution in [3.8, 4) is 5.75 Å². The van der Waals surface area contributed by atoms with Crippen molar-refractivity contribution in [2.24, 2.45) is 0 Å². The molecular weight excluding hydrogens is 249 g/mol. The zero-order valence-electron chi connectivity index (χ0n) is 10.2. The number of hydrogen-bond donors (Lipinski definition) is 2. The molecule has 0 radical (unpaired) electrons. The molecule has 2 rings (SSSR count). The zero-order valence-corrected chi connectivity index (χ0v) is 11.0. The summed E-state index contributed by atoms with van der Waals surface area (Å²) < 4.78 is 13.1. The van der Waals surface area contributed by atoms with Gasteiger partial charge in [-0.3, -0.25) is 0 Å². The lowest BCUT2D eigenvalue weighted by Crippen LogP contribution is -2.19. The van der Waals surface area contributed by atoms with Gasteiger partial charge in [-0.1, -0.05) is 13.0 Å². The van der Waals surface area contributed by atoms with Crippen LogP contribution in [0.5, 0.6) is 5.75 Å². The van der Waals surface area contributed by atoms with E-state index < -0.39 is 0 Å². The Hall–Kier alpha value is -1.39. The highest BCUT2D eigenvalue weighted by molar-refractivity contribution is 7.10. The van der Waals surface area contributed by atoms with Crippen LogP contribution < -0.4 is 5.32 Å². The monoisotopic (exact) mass is 265 g/mol. The third-order valence-corrected chi connectivity index (χ3v) is 3.86. The van der Waals surface area contributed by atoms with Crippen LogP contribution in [0.1, 0.15) is 29.8 Å². The van der Waals surface area contributed by atoms with Crippen molar-refractivity contribution in [2.45, 2.75) is 25.9 Å². The summed E-state index contributed by atoms with van der Waals surface area (Å²) >= 11 is 1.70. The highest BCUT2D eigenvalue weighted by Gasteiger charge is 2.11. The van der Waals surface area contributed by atoms with E-state index in [-0.39, 0.29) is 17.6 Å². The average Bonchev–Trinajstić information content (AvgIpc) is 2.88. The summed E-state index contributed by atoms with van der Waals surface area (Å²) in [6, 6.07) is 8.35. The maximum absolute atomic E-state index is 13.1. The van der Waals surface area contributed by atoms with Crippen molar-refractivity contribution >= 4 is 11.3 Å². The number of benzene rings is 1. The second-order valence-corrected chi connectivity index (χ2v) is 5.11. The first-order valence-electron chi connectivity index (χ1n) is 5.95. The number of hydrogen-bond acceptors (Lipinski definition) is 3. The molecule has 0 bridgehead atoms. The molecule has 2 aromatic rings. The predicted molar refractivity (Wildman–Crippen MR) is 72.3 cm³/mol. The zero-order chi connectivity index (χ0) is 13.0. The summed E-state index contributed by atoms with van der Waals surface area (Å²) in [6.45, 7) is 2.56. The van der Waals surface area contributed by atoms with E-state index in [0.29, 0.717) is 12.1 Å². The third kappa shape index (κ3) is 3.09. The fourth-order valence-electron chi connectivity index (χ4n) is 1.86. The van der Waals surface area contributed by atoms with Gasteiger partial charge in [0.1, 0.15) is 11.6 Å². The molecule has 0 spiro atoms. The molecule has 1 heterocycles. The van der Waals surface area contributed by atoms with Gasteiger partial charge >= 0.3 is 0 Å². The van der Waals surface area contributed by atoms with Crippen LogP contribution in [0.3, 0.4) is 0 Å². The van der Waals surface area contributed by atoms with Crippen molar-refractivity contribution in [1.82, 2.24) is 5.32 Å². The Labute approximate surface area is 110 Å². The minimum atomic E-state index is -0.325. The van der Waals surface area contributed by atoms with E-state index in [4.69, 9.17) is 0 Å². The van der Waals surface area contributed by atoms with Crippen molar-refractivity contribution in [3.05, 3.63) is 52.0 Å². The summed E-state index contributed by atoms with van der Waals surface area (Å²) in [5, 5.41) is 15.0. The van der Waals surface area contributed by atoms with E-state index in [1.807, 2.05) is 11.4 Å². The standard InChI is InChI=1S/C14H16FNOS/c1-2-12(14-4-3-7-18-14)16-9-10-8-11(15)5-6-13(10)17/h3-8,12,16-17H,2,9H2,1H3. The van der Waals surface area contributed by atoms with Crippen LogP contribution in [-0.4, -0.2) is 5.11 Å². The molecule has 2 N–H and O–H groups in total. The van der Waals surface area contributed by atoms with E-state index in [0.717, 1.165) is 6.42 Å². The maximum atomic E-state index is 13.1. The number of phenols is 1. The van der Waals surface area contributed by atoms with Gasteiger partial charge in [-0.2, -0.15) is 0 Å². The van der Waals surface area contributed by atoms with Crippen molar-refractivity contribution in [3.63, 3.8) is 0 Å². The first kappa shape index (κ1) is 13.1. The molecule has 1 aromatic carbocycles. The first-order valence-corrected chi connectivity index (χ1v) is 6.83. The normalized spacial score (nSPS) is 12.6. The lowest BCUT2D eigenvalue weighted by atomic mass is 10.1. The molecule has 0 saturated heterocycles. The summed E-state index contributed by atoms with van der Waals surface area (Å²) in [4.78, 5) is 1.26. The van der Waals surface area contributed by atoms with Crippen LogP contribution in [-0.2, 0) is 6.54 Å². The SMILES string of the molecule is CCC(NCc1cc(F)ccc1O)c1cccs1. The molecular formula is C14H16FNOS. The summed E-state index contributed by atoms with van der Waals surface area (Å²) in [5.41, 5.74) is 0.588. The van der Waals surface area contributed by atoms with Gasteiger partial charge in [0.05, 0.1) is 0 Å². The molecule has 4 heteroatoms. The van der Waals surface area contributed by atoms with Crippen LogP contribution >= 0.6 is 11.3 Å². The van der Waals surface area contributed by atoms with Crippen LogP contribution in [0, 0.1) is 5.82 Å². The number of thiophene rings is 1. The number of phenolic OH excluding ortho intramolecular Hbond substituents is 1. The maximum Gasteiger partial charge on any atom is 0.123 e. The minimum absolute atomic E-state index is 0.130. The average molecular weight is 265 g/mol. The summed E-state index contributed by atoms with van der Waals surface area (Å²) in [7, 11) is 0. The van der Waals surface area contributed by atoms with E-state index in [1.165, 1.54) is 23.1 Å². The minimum Gasteiger partial charge on any atom is -0.508 e. The molecule has 18 heavy (non-hydrogen) atoms. The van der Waals surface area contributed by atoms with E-state index in [9.17, 15) is 9.50 Å². The van der Waals surface area contributed by atoms with Crippen molar-refractivity contribution < 1.29 is 9.50 Å². The Bertz CT molecular complexity index is 499. The largest absolute Gasteiger partial charge is 0.508 e. The molecule has 0 aliphatic heterocycles. The highest BCUT2D eigenvalue weighted by atomic mass is 32.1. The molecule has 2 nitrogen and oxygen atoms in total. The van der Waals surface area contributed by atoms with E-state index in [2.05, 4.69) is 18.3 Å². The predicted octanol–water partition coefficient (Wildman–Crippen LogP) is 3.83. The number of halogens is 1. The smallest absolute Gasteiger partial charge is 0.123 e. The van der Waals surface area contributed by atoms with Gasteiger partial charge in [0.15, 0.2) is 0 Å². The fourth-order valence-corrected chi connectivity index (χ4v) is 2.75. The quantitative estimate of drug-likeness (QED) is 0.861. The Morgan fingerprint density at radius 2 is 2.22 bits per heavy atom. The molecule has 1 unspecified atom stereocenters. The first-order chi connectivity index (χ1) is 8.70. The van der Waals surface area contributed by atoms with Gasteiger partial charge in [-0.15, -0.1) is 11.3 Å². The molecule has 0 amide bonds. The van der Waals surface area contributed by atoms with Gasteiger partial charge in [0.2, 0.25) is 0 Å². The summed E-state index contributed by atoms with van der Waals surface area (Å²) in [6.07, 6.45) is 0.955. The second-order valence-electron chi connectivity index (χ2n) is 4.13. The Morgan fingerprint density at radius 1 is 1.39 bits per heavy atom. The van der Waals surface area contributed by atoms with Crippen LogP contribution in [0.2, 0.25) is 0 Å². The van der Waals surface area contributed by atoms with Crippen molar-refractivity contribution in [1.29, 1.82) is 0 Å². The molecule has 0 aliphatic carbocycles. The second kappa shape index (κ2) is 5.98. The van der Waals surface area contributed by atoms with Gasteiger partial charge < -0.3 is 10.4 Å². The van der Waals surface area contributed by atoms with Gasteiger partial charge in [0.25, 0.3) is 0 Å². The topological polar surface area (TPSA) is 32.3 Å². The molecule has 0 aliphatic rings. The number of rotatable bonds is 5. The highest BCUT2D eigenvalue weighted by Crippen LogP contribution is 2.24. The van der Waals surface area contributed by atoms with Gasteiger partial charge in [0, 0.05) is 23.0 Å². The van der Waals surface area contributed by atoms with E-state index >= 15 is 0 Å². The lowest BCUT2D eigenvalue weighted by molar-refractivity contribution is 0.453. The number of aromatic hydroxyl groups is 1. The fraction of sp³-hybridized carbons (Fsp3) is 0.286. The molecule has 0 fully saturated rings. The van der Waals surface area contributed by atoms with Crippen molar-refractivity contribution in [2.75, 3.05) is 0 Å². The molecule has 1 atom stereocenters. The Kier molecular flexibility index (Phi) is 4.33. The summed E-state index contributed by atoms with van der Waals surface area (Å²) in [5.74, 6) is -0.196. The Morgan fingerprint density at radius 3 is 2.89 bits per heavy atom. The van der Waals surface area contributed by atoms with Crippen LogP contribution in [0.15, 0.2) is 35.7 Å². The molecule has 1 aromatic heterocycles. The van der Waals surface area contributed by atoms with Crippen LogP contribution in [0.4, 0.5) is 4.39 Å². The molecule has 0 saturated carbocycles. The third-order valence-electron chi connectivity index (χ3n) is 2.88. The lowest BCUT2D eigenvalue weighted by Gasteiger charge is -2.16. The molecule has 96 valence electrons. The van der Waals surface area contributed by atoms with Crippen LogP contribution in [0.25, 0.3) is 0 Å². The number of nitrogens with one attached hydrogen (secondary N) is 1. The Balaban J connectivity index is 2.04. The van der Waals surface area contributed by atoms with E-state index in [1.54, 1.807) is 11.3 Å². The van der Waals surface area contributed by atoms with Gasteiger partial charge in [-0.25, -0.2) is 4.39 Å². The van der Waals surface area contributed by atoms with Gasteiger partial charge in [-0.05, 0) is 36.1 Å².